The van der Waals surface area contributed by atoms with Crippen LogP contribution in [0.5, 0.6) is 0 Å². The van der Waals surface area contributed by atoms with Crippen molar-refractivity contribution in [2.24, 2.45) is 11.3 Å². The summed E-state index contributed by atoms with van der Waals surface area (Å²) in [6.45, 7) is 12.3. The van der Waals surface area contributed by atoms with Gasteiger partial charge >= 0.3 is 0 Å². The van der Waals surface area contributed by atoms with Crippen molar-refractivity contribution in [1.82, 2.24) is 14.3 Å². The Morgan fingerprint density at radius 1 is 1.14 bits per heavy atom. The van der Waals surface area contributed by atoms with Gasteiger partial charge in [-0.15, -0.1) is 0 Å². The van der Waals surface area contributed by atoms with E-state index in [0.717, 1.165) is 56.4 Å². The van der Waals surface area contributed by atoms with Crippen molar-refractivity contribution in [3.05, 3.63) is 41.7 Å². The number of amides is 1. The Morgan fingerprint density at radius 2 is 1.90 bits per heavy atom. The zero-order valence-electron chi connectivity index (χ0n) is 18.2. The van der Waals surface area contributed by atoms with E-state index in [4.69, 9.17) is 4.98 Å². The molecule has 0 N–H and O–H groups in total. The number of hydrogen-bond donors (Lipinski definition) is 0. The molecule has 0 saturated carbocycles. The minimum atomic E-state index is 0.268. The standard InChI is InChI=1S/C23H34N4OS/c1-18(17-23(2,3)4)15-21(28)26-11-8-12-27(14-13-26)22-24-20(25-29-22)16-19-9-6-5-7-10-19/h5-7,9-10,18H,8,11-17H2,1-4H3/t18-/m0/s1. The molecule has 0 spiro atoms. The molecule has 6 heteroatoms. The van der Waals surface area contributed by atoms with Gasteiger partial charge in [-0.2, -0.15) is 4.37 Å². The van der Waals surface area contributed by atoms with Crippen molar-refractivity contribution in [3.8, 4) is 0 Å². The Morgan fingerprint density at radius 3 is 2.62 bits per heavy atom. The second kappa shape index (κ2) is 9.70. The molecule has 1 atom stereocenters. The third-order valence-corrected chi connectivity index (χ3v) is 6.08. The van der Waals surface area contributed by atoms with Crippen LogP contribution in [0.3, 0.4) is 0 Å². The first-order chi connectivity index (χ1) is 13.8. The maximum atomic E-state index is 12.8. The summed E-state index contributed by atoms with van der Waals surface area (Å²) in [5.41, 5.74) is 1.50. The lowest BCUT2D eigenvalue weighted by Crippen LogP contribution is -2.36. The summed E-state index contributed by atoms with van der Waals surface area (Å²) < 4.78 is 4.55. The molecule has 158 valence electrons. The minimum absolute atomic E-state index is 0.268. The average molecular weight is 415 g/mol. The predicted octanol–water partition coefficient (Wildman–Crippen LogP) is 4.63. The zero-order chi connectivity index (χ0) is 20.9. The van der Waals surface area contributed by atoms with Gasteiger partial charge in [0.1, 0.15) is 5.82 Å². The van der Waals surface area contributed by atoms with Gasteiger partial charge < -0.3 is 9.80 Å². The molecule has 0 unspecified atom stereocenters. The lowest BCUT2D eigenvalue weighted by molar-refractivity contribution is -0.132. The topological polar surface area (TPSA) is 49.3 Å². The fraction of sp³-hybridized carbons (Fsp3) is 0.609. The van der Waals surface area contributed by atoms with Crippen LogP contribution in [0, 0.1) is 11.3 Å². The molecule has 1 fully saturated rings. The molecule has 0 aliphatic carbocycles. The fourth-order valence-electron chi connectivity index (χ4n) is 4.13. The van der Waals surface area contributed by atoms with Crippen molar-refractivity contribution >= 4 is 22.6 Å². The quantitative estimate of drug-likeness (QED) is 0.691. The van der Waals surface area contributed by atoms with Crippen LogP contribution in [0.25, 0.3) is 0 Å². The molecular weight excluding hydrogens is 380 g/mol. The second-order valence-corrected chi connectivity index (χ2v) is 10.2. The maximum Gasteiger partial charge on any atom is 0.222 e. The summed E-state index contributed by atoms with van der Waals surface area (Å²) in [4.78, 5) is 21.9. The highest BCUT2D eigenvalue weighted by atomic mass is 32.1. The largest absolute Gasteiger partial charge is 0.345 e. The van der Waals surface area contributed by atoms with E-state index in [9.17, 15) is 4.79 Å². The highest BCUT2D eigenvalue weighted by Gasteiger charge is 2.24. The van der Waals surface area contributed by atoms with Gasteiger partial charge in [0.05, 0.1) is 0 Å². The Balaban J connectivity index is 1.53. The molecule has 1 aliphatic rings. The first-order valence-electron chi connectivity index (χ1n) is 10.7. The second-order valence-electron chi connectivity index (χ2n) is 9.45. The summed E-state index contributed by atoms with van der Waals surface area (Å²) >= 11 is 1.47. The number of rotatable bonds is 6. The minimum Gasteiger partial charge on any atom is -0.345 e. The molecule has 0 bridgehead atoms. The zero-order valence-corrected chi connectivity index (χ0v) is 19.0. The van der Waals surface area contributed by atoms with Gasteiger partial charge in [-0.05, 0) is 29.7 Å². The van der Waals surface area contributed by atoms with Crippen molar-refractivity contribution in [2.45, 2.75) is 53.4 Å². The Labute approximate surface area is 179 Å². The van der Waals surface area contributed by atoms with Crippen molar-refractivity contribution in [3.63, 3.8) is 0 Å². The van der Waals surface area contributed by atoms with E-state index in [0.29, 0.717) is 18.2 Å². The van der Waals surface area contributed by atoms with Crippen LogP contribution in [0.4, 0.5) is 5.13 Å². The first-order valence-corrected chi connectivity index (χ1v) is 11.5. The van der Waals surface area contributed by atoms with E-state index in [2.05, 4.69) is 49.1 Å². The van der Waals surface area contributed by atoms with Crippen LogP contribution < -0.4 is 4.90 Å². The van der Waals surface area contributed by atoms with Crippen LogP contribution in [0.2, 0.25) is 0 Å². The van der Waals surface area contributed by atoms with Gasteiger partial charge in [-0.3, -0.25) is 4.79 Å². The third kappa shape index (κ3) is 6.81. The lowest BCUT2D eigenvalue weighted by atomic mass is 9.84. The van der Waals surface area contributed by atoms with Crippen molar-refractivity contribution in [2.75, 3.05) is 31.1 Å². The van der Waals surface area contributed by atoms with Crippen LogP contribution in [-0.4, -0.2) is 46.3 Å². The van der Waals surface area contributed by atoms with Gasteiger partial charge in [-0.1, -0.05) is 58.0 Å². The Kier molecular flexibility index (Phi) is 7.28. The summed E-state index contributed by atoms with van der Waals surface area (Å²) in [5, 5.41) is 0.978. The molecule has 1 aromatic carbocycles. The summed E-state index contributed by atoms with van der Waals surface area (Å²) in [7, 11) is 0. The van der Waals surface area contributed by atoms with Crippen molar-refractivity contribution < 1.29 is 4.79 Å². The van der Waals surface area contributed by atoms with Gasteiger partial charge in [0.15, 0.2) is 0 Å². The van der Waals surface area contributed by atoms with Gasteiger partial charge in [0.25, 0.3) is 0 Å². The Hall–Kier alpha value is -1.95. The van der Waals surface area contributed by atoms with Crippen LogP contribution >= 0.6 is 11.5 Å². The van der Waals surface area contributed by atoms with E-state index in [-0.39, 0.29) is 5.41 Å². The molecule has 1 aromatic heterocycles. The van der Waals surface area contributed by atoms with E-state index >= 15 is 0 Å². The van der Waals surface area contributed by atoms with Crippen LogP contribution in [-0.2, 0) is 11.2 Å². The van der Waals surface area contributed by atoms with E-state index in [1.165, 1.54) is 17.1 Å². The van der Waals surface area contributed by atoms with Crippen LogP contribution in [0.1, 0.15) is 58.3 Å². The van der Waals surface area contributed by atoms with Gasteiger partial charge in [0, 0.05) is 50.6 Å². The number of carbonyl (C=O) groups excluding carboxylic acids is 1. The number of carbonyl (C=O) groups is 1. The smallest absolute Gasteiger partial charge is 0.222 e. The SMILES string of the molecule is C[C@@H](CC(=O)N1CCCN(c2nc(Cc3ccccc3)ns2)CC1)CC(C)(C)C. The van der Waals surface area contributed by atoms with Crippen LogP contribution in [0.15, 0.2) is 30.3 Å². The fourth-order valence-corrected chi connectivity index (χ4v) is 4.86. The molecule has 29 heavy (non-hydrogen) atoms. The molecule has 0 radical (unpaired) electrons. The average Bonchev–Trinajstić information content (AvgIpc) is 2.96. The maximum absolute atomic E-state index is 12.8. The molecular formula is C23H34N4OS. The molecule has 5 nitrogen and oxygen atoms in total. The molecule has 1 aliphatic heterocycles. The van der Waals surface area contributed by atoms with E-state index < -0.39 is 0 Å². The number of nitrogens with zero attached hydrogens (tertiary/aromatic N) is 4. The molecule has 1 saturated heterocycles. The predicted molar refractivity (Wildman–Crippen MR) is 120 cm³/mol. The summed E-state index contributed by atoms with van der Waals surface area (Å²) in [5.74, 6) is 1.60. The molecule has 3 rings (SSSR count). The van der Waals surface area contributed by atoms with Gasteiger partial charge in [0.2, 0.25) is 11.0 Å². The number of anilines is 1. The normalized spacial score (nSPS) is 16.6. The lowest BCUT2D eigenvalue weighted by Gasteiger charge is -2.26. The van der Waals surface area contributed by atoms with Gasteiger partial charge in [-0.25, -0.2) is 4.98 Å². The summed E-state index contributed by atoms with van der Waals surface area (Å²) in [6.07, 6.45) is 3.47. The molecule has 2 aromatic rings. The van der Waals surface area contributed by atoms with Crippen molar-refractivity contribution in [1.29, 1.82) is 0 Å². The first kappa shape index (κ1) is 21.8. The highest BCUT2D eigenvalue weighted by molar-refractivity contribution is 7.09. The van der Waals surface area contributed by atoms with E-state index in [1.54, 1.807) is 0 Å². The highest BCUT2D eigenvalue weighted by Crippen LogP contribution is 2.27. The third-order valence-electron chi connectivity index (χ3n) is 5.27. The Bertz CT molecular complexity index is 784. The number of aromatic nitrogens is 2. The van der Waals surface area contributed by atoms with E-state index in [1.807, 2.05) is 23.1 Å². The number of benzene rings is 1. The summed E-state index contributed by atoms with van der Waals surface area (Å²) in [6, 6.07) is 10.3. The number of hydrogen-bond acceptors (Lipinski definition) is 5. The molecule has 1 amide bonds. The molecule has 2 heterocycles. The monoisotopic (exact) mass is 414 g/mol.